The molecular formula is C10H21N3O2. The van der Waals surface area contributed by atoms with E-state index in [0.717, 1.165) is 19.4 Å². The topological polar surface area (TPSA) is 82.1 Å². The van der Waals surface area contributed by atoms with Gasteiger partial charge in [0, 0.05) is 6.54 Å². The Morgan fingerprint density at radius 1 is 1.67 bits per heavy atom. The number of nitrogens with zero attached hydrogens (tertiary/aromatic N) is 2. The first kappa shape index (κ1) is 12.3. The Kier molecular flexibility index (Phi) is 4.35. The Labute approximate surface area is 90.6 Å². The molecule has 0 amide bonds. The Morgan fingerprint density at radius 2 is 2.33 bits per heavy atom. The van der Waals surface area contributed by atoms with E-state index in [1.54, 1.807) is 0 Å². The lowest BCUT2D eigenvalue weighted by Crippen LogP contribution is -2.52. The zero-order valence-corrected chi connectivity index (χ0v) is 9.43. The van der Waals surface area contributed by atoms with E-state index >= 15 is 0 Å². The molecule has 1 heterocycles. The summed E-state index contributed by atoms with van der Waals surface area (Å²) in [6.07, 6.45) is 1.44. The van der Waals surface area contributed by atoms with Gasteiger partial charge in [0.05, 0.1) is 12.1 Å². The summed E-state index contributed by atoms with van der Waals surface area (Å²) in [5.74, 6) is 0.574. The van der Waals surface area contributed by atoms with Crippen molar-refractivity contribution in [2.45, 2.75) is 38.8 Å². The molecule has 1 aliphatic rings. The molecule has 5 nitrogen and oxygen atoms in total. The lowest BCUT2D eigenvalue weighted by atomic mass is 9.94. The highest BCUT2D eigenvalue weighted by Gasteiger charge is 2.29. The van der Waals surface area contributed by atoms with Crippen LogP contribution in [-0.2, 0) is 0 Å². The molecule has 0 bridgehead atoms. The predicted molar refractivity (Wildman–Crippen MR) is 58.8 cm³/mol. The van der Waals surface area contributed by atoms with Crippen LogP contribution in [0, 0.1) is 5.92 Å². The summed E-state index contributed by atoms with van der Waals surface area (Å²) >= 11 is 0. The van der Waals surface area contributed by atoms with Gasteiger partial charge >= 0.3 is 0 Å². The van der Waals surface area contributed by atoms with Crippen LogP contribution < -0.4 is 5.73 Å². The normalized spacial score (nSPS) is 31.5. The number of oxime groups is 1. The Bertz CT molecular complexity index is 233. The van der Waals surface area contributed by atoms with Gasteiger partial charge in [-0.25, -0.2) is 0 Å². The number of likely N-dealkylation sites (tertiary alicyclic amines) is 1. The van der Waals surface area contributed by atoms with Crippen LogP contribution in [0.1, 0.15) is 26.7 Å². The van der Waals surface area contributed by atoms with Crippen molar-refractivity contribution in [1.29, 1.82) is 0 Å². The van der Waals surface area contributed by atoms with Gasteiger partial charge in [-0.1, -0.05) is 19.0 Å². The molecule has 1 rings (SSSR count). The number of piperidine rings is 1. The maximum absolute atomic E-state index is 9.76. The number of β-amino-alcohol motifs (C(OH)–C–C–N with tert-alkyl or cyclic N) is 1. The number of amidine groups is 1. The van der Waals surface area contributed by atoms with Gasteiger partial charge in [-0.05, 0) is 25.3 Å². The van der Waals surface area contributed by atoms with Crippen LogP contribution in [0.5, 0.6) is 0 Å². The predicted octanol–water partition coefficient (Wildman–Crippen LogP) is 0.214. The minimum absolute atomic E-state index is 0.0582. The van der Waals surface area contributed by atoms with Crippen LogP contribution in [0.15, 0.2) is 5.16 Å². The van der Waals surface area contributed by atoms with Gasteiger partial charge in [0.1, 0.15) is 0 Å². The first-order valence-corrected chi connectivity index (χ1v) is 5.49. The summed E-state index contributed by atoms with van der Waals surface area (Å²) in [4.78, 5) is 2.08. The minimum atomic E-state index is -0.306. The molecule has 3 unspecified atom stereocenters. The zero-order chi connectivity index (χ0) is 11.4. The van der Waals surface area contributed by atoms with Gasteiger partial charge in [0.2, 0.25) is 0 Å². The van der Waals surface area contributed by atoms with Crippen molar-refractivity contribution in [3.8, 4) is 0 Å². The van der Waals surface area contributed by atoms with Crippen molar-refractivity contribution in [1.82, 2.24) is 4.90 Å². The third-order valence-corrected chi connectivity index (χ3v) is 3.23. The summed E-state index contributed by atoms with van der Waals surface area (Å²) in [6.45, 7) is 5.54. The highest BCUT2D eigenvalue weighted by Crippen LogP contribution is 2.19. The fourth-order valence-electron chi connectivity index (χ4n) is 2.08. The highest BCUT2D eigenvalue weighted by atomic mass is 16.4. The lowest BCUT2D eigenvalue weighted by molar-refractivity contribution is 0.0201. The number of hydrogen-bond donors (Lipinski definition) is 3. The molecule has 0 spiro atoms. The fraction of sp³-hybridized carbons (Fsp3) is 0.900. The molecule has 1 saturated heterocycles. The molecule has 0 aromatic heterocycles. The standard InChI is InChI=1S/C10H21N3O2/c1-3-8(10(11)12-15)13-5-4-7(2)9(14)6-13/h7-9,14-15H,3-6H2,1-2H3,(H2,11,12). The molecule has 88 valence electrons. The molecule has 0 aromatic carbocycles. The largest absolute Gasteiger partial charge is 0.409 e. The third-order valence-electron chi connectivity index (χ3n) is 3.23. The smallest absolute Gasteiger partial charge is 0.156 e. The second-order valence-electron chi connectivity index (χ2n) is 4.28. The monoisotopic (exact) mass is 215 g/mol. The SMILES string of the molecule is CCC(C(N)=NO)N1CCC(C)C(O)C1. The molecule has 0 radical (unpaired) electrons. The number of rotatable bonds is 3. The van der Waals surface area contributed by atoms with Crippen molar-refractivity contribution in [3.63, 3.8) is 0 Å². The molecule has 0 aromatic rings. The fourth-order valence-corrected chi connectivity index (χ4v) is 2.08. The van der Waals surface area contributed by atoms with Crippen LogP contribution >= 0.6 is 0 Å². The minimum Gasteiger partial charge on any atom is -0.409 e. The zero-order valence-electron chi connectivity index (χ0n) is 9.43. The van der Waals surface area contributed by atoms with Crippen LogP contribution in [0.25, 0.3) is 0 Å². The second kappa shape index (κ2) is 5.32. The van der Waals surface area contributed by atoms with Gasteiger partial charge in [-0.15, -0.1) is 0 Å². The molecule has 15 heavy (non-hydrogen) atoms. The number of nitrogens with two attached hydrogens (primary N) is 1. The Hall–Kier alpha value is -0.810. The van der Waals surface area contributed by atoms with Crippen LogP contribution in [0.2, 0.25) is 0 Å². The van der Waals surface area contributed by atoms with Gasteiger partial charge in [0.15, 0.2) is 5.84 Å². The first-order valence-electron chi connectivity index (χ1n) is 5.49. The van der Waals surface area contributed by atoms with Gasteiger partial charge in [-0.3, -0.25) is 4.90 Å². The summed E-state index contributed by atoms with van der Waals surface area (Å²) in [5.41, 5.74) is 5.62. The van der Waals surface area contributed by atoms with E-state index in [0.29, 0.717) is 12.5 Å². The molecule has 1 aliphatic heterocycles. The average Bonchev–Trinajstić information content (AvgIpc) is 2.24. The summed E-state index contributed by atoms with van der Waals surface area (Å²) < 4.78 is 0. The lowest BCUT2D eigenvalue weighted by Gasteiger charge is -2.38. The second-order valence-corrected chi connectivity index (χ2v) is 4.28. The van der Waals surface area contributed by atoms with Crippen molar-refractivity contribution < 1.29 is 10.3 Å². The van der Waals surface area contributed by atoms with E-state index in [4.69, 9.17) is 10.9 Å². The summed E-state index contributed by atoms with van der Waals surface area (Å²) in [5, 5.41) is 21.5. The summed E-state index contributed by atoms with van der Waals surface area (Å²) in [6, 6.07) is -0.0582. The van der Waals surface area contributed by atoms with Gasteiger partial charge in [0.25, 0.3) is 0 Å². The van der Waals surface area contributed by atoms with Crippen molar-refractivity contribution in [3.05, 3.63) is 0 Å². The molecule has 3 atom stereocenters. The van der Waals surface area contributed by atoms with Crippen LogP contribution in [0.4, 0.5) is 0 Å². The van der Waals surface area contributed by atoms with E-state index in [-0.39, 0.29) is 18.0 Å². The number of aliphatic hydroxyl groups is 1. The average molecular weight is 215 g/mol. The van der Waals surface area contributed by atoms with Gasteiger partial charge < -0.3 is 16.0 Å². The molecular weight excluding hydrogens is 194 g/mol. The maximum Gasteiger partial charge on any atom is 0.156 e. The van der Waals surface area contributed by atoms with E-state index in [1.165, 1.54) is 0 Å². The van der Waals surface area contributed by atoms with Crippen LogP contribution in [-0.4, -0.2) is 46.3 Å². The summed E-state index contributed by atoms with van der Waals surface area (Å²) in [7, 11) is 0. The highest BCUT2D eigenvalue weighted by molar-refractivity contribution is 5.85. The van der Waals surface area contributed by atoms with Crippen molar-refractivity contribution >= 4 is 5.84 Å². The van der Waals surface area contributed by atoms with Crippen molar-refractivity contribution in [2.75, 3.05) is 13.1 Å². The maximum atomic E-state index is 9.76. The van der Waals surface area contributed by atoms with E-state index < -0.39 is 0 Å². The van der Waals surface area contributed by atoms with Crippen LogP contribution in [0.3, 0.4) is 0 Å². The quantitative estimate of drug-likeness (QED) is 0.272. The third kappa shape index (κ3) is 2.82. The van der Waals surface area contributed by atoms with Crippen molar-refractivity contribution in [2.24, 2.45) is 16.8 Å². The van der Waals surface area contributed by atoms with E-state index in [9.17, 15) is 5.11 Å². The molecule has 4 N–H and O–H groups in total. The van der Waals surface area contributed by atoms with Gasteiger partial charge in [-0.2, -0.15) is 0 Å². The molecule has 1 fully saturated rings. The Morgan fingerprint density at radius 3 is 2.80 bits per heavy atom. The molecule has 0 aliphatic carbocycles. The first-order chi connectivity index (χ1) is 7.10. The van der Waals surface area contributed by atoms with E-state index in [2.05, 4.69) is 10.1 Å². The molecule has 5 heteroatoms. The number of hydrogen-bond acceptors (Lipinski definition) is 4. The Balaban J connectivity index is 2.62. The number of aliphatic hydroxyl groups excluding tert-OH is 1. The molecule has 0 saturated carbocycles. The van der Waals surface area contributed by atoms with E-state index in [1.807, 2.05) is 13.8 Å².